The van der Waals surface area contributed by atoms with Crippen molar-refractivity contribution >= 4 is 15.9 Å². The molecule has 1 aromatic heterocycles. The van der Waals surface area contributed by atoms with Crippen molar-refractivity contribution in [1.29, 1.82) is 5.26 Å². The van der Waals surface area contributed by atoms with Crippen LogP contribution in [-0.2, 0) is 0 Å². The zero-order chi connectivity index (χ0) is 11.4. The Labute approximate surface area is 101 Å². The molecule has 0 saturated heterocycles. The summed E-state index contributed by atoms with van der Waals surface area (Å²) in [5.41, 5.74) is 0.592. The van der Waals surface area contributed by atoms with Crippen molar-refractivity contribution in [3.05, 3.63) is 46.8 Å². The molecule has 1 heterocycles. The molecule has 0 spiro atoms. The summed E-state index contributed by atoms with van der Waals surface area (Å²) in [6.45, 7) is 0. The van der Waals surface area contributed by atoms with Crippen LogP contribution in [0.15, 0.2) is 41.3 Å². The normalized spacial score (nSPS) is 9.50. The Morgan fingerprint density at radius 2 is 2.00 bits per heavy atom. The fourth-order valence-corrected chi connectivity index (χ4v) is 1.39. The van der Waals surface area contributed by atoms with Crippen LogP contribution in [-0.4, -0.2) is 9.97 Å². The van der Waals surface area contributed by atoms with Crippen molar-refractivity contribution < 1.29 is 4.74 Å². The number of halogens is 1. The Morgan fingerprint density at radius 1 is 1.25 bits per heavy atom. The van der Waals surface area contributed by atoms with Gasteiger partial charge in [0.2, 0.25) is 5.88 Å². The van der Waals surface area contributed by atoms with E-state index in [2.05, 4.69) is 25.9 Å². The predicted octanol–water partition coefficient (Wildman–Crippen LogP) is 2.90. The quantitative estimate of drug-likeness (QED) is 0.846. The van der Waals surface area contributed by atoms with Gasteiger partial charge in [-0.05, 0) is 40.2 Å². The average molecular weight is 276 g/mol. The smallest absolute Gasteiger partial charge is 0.236 e. The maximum absolute atomic E-state index is 8.64. The third-order valence-corrected chi connectivity index (χ3v) is 2.38. The molecule has 0 fully saturated rings. The summed E-state index contributed by atoms with van der Waals surface area (Å²) in [7, 11) is 0. The Morgan fingerprint density at radius 3 is 2.62 bits per heavy atom. The standard InChI is InChI=1S/C11H6BrN3O/c12-10-6-14-7-15-11(10)16-9-3-1-8(5-13)2-4-9/h1-4,6-7H. The third kappa shape index (κ3) is 2.35. The summed E-state index contributed by atoms with van der Waals surface area (Å²) in [6, 6.07) is 8.84. The van der Waals surface area contributed by atoms with Crippen LogP contribution in [0.3, 0.4) is 0 Å². The second-order valence-corrected chi connectivity index (χ2v) is 3.77. The third-order valence-electron chi connectivity index (χ3n) is 1.83. The Hall–Kier alpha value is -1.93. The van der Waals surface area contributed by atoms with Gasteiger partial charge < -0.3 is 4.74 Å². The van der Waals surface area contributed by atoms with Crippen molar-refractivity contribution in [1.82, 2.24) is 9.97 Å². The van der Waals surface area contributed by atoms with E-state index >= 15 is 0 Å². The lowest BCUT2D eigenvalue weighted by Gasteiger charge is -2.05. The minimum Gasteiger partial charge on any atom is -0.438 e. The lowest BCUT2D eigenvalue weighted by molar-refractivity contribution is 0.458. The van der Waals surface area contributed by atoms with E-state index in [4.69, 9.17) is 10.00 Å². The molecule has 78 valence electrons. The van der Waals surface area contributed by atoms with Gasteiger partial charge in [0.1, 0.15) is 12.1 Å². The monoisotopic (exact) mass is 275 g/mol. The van der Waals surface area contributed by atoms with Crippen LogP contribution >= 0.6 is 15.9 Å². The Kier molecular flexibility index (Phi) is 3.13. The molecule has 2 aromatic rings. The molecule has 0 radical (unpaired) electrons. The summed E-state index contributed by atoms with van der Waals surface area (Å²) in [5.74, 6) is 1.07. The Balaban J connectivity index is 2.22. The van der Waals surface area contributed by atoms with Crippen LogP contribution in [0.2, 0.25) is 0 Å². The van der Waals surface area contributed by atoms with Gasteiger partial charge in [-0.25, -0.2) is 9.97 Å². The molecule has 0 aliphatic heterocycles. The van der Waals surface area contributed by atoms with Gasteiger partial charge in [0, 0.05) is 6.20 Å². The lowest BCUT2D eigenvalue weighted by Crippen LogP contribution is -1.89. The largest absolute Gasteiger partial charge is 0.438 e. The summed E-state index contributed by atoms with van der Waals surface area (Å²) >= 11 is 3.28. The molecule has 5 heteroatoms. The van der Waals surface area contributed by atoms with Crippen LogP contribution in [0, 0.1) is 11.3 Å². The van der Waals surface area contributed by atoms with Gasteiger partial charge in [0.15, 0.2) is 0 Å². The van der Waals surface area contributed by atoms with E-state index in [0.29, 0.717) is 21.7 Å². The van der Waals surface area contributed by atoms with E-state index < -0.39 is 0 Å². The number of hydrogen-bond donors (Lipinski definition) is 0. The van der Waals surface area contributed by atoms with Crippen LogP contribution in [0.1, 0.15) is 5.56 Å². The van der Waals surface area contributed by atoms with Gasteiger partial charge in [0.25, 0.3) is 0 Å². The molecule has 1 aromatic carbocycles. The molecule has 0 aliphatic rings. The topological polar surface area (TPSA) is 58.8 Å². The van der Waals surface area contributed by atoms with Gasteiger partial charge in [-0.1, -0.05) is 0 Å². The maximum atomic E-state index is 8.64. The minimum absolute atomic E-state index is 0.444. The van der Waals surface area contributed by atoms with Crippen molar-refractivity contribution in [2.24, 2.45) is 0 Å². The van der Waals surface area contributed by atoms with Crippen molar-refractivity contribution in [2.45, 2.75) is 0 Å². The highest BCUT2D eigenvalue weighted by molar-refractivity contribution is 9.10. The molecule has 0 saturated carbocycles. The van der Waals surface area contributed by atoms with Crippen molar-refractivity contribution in [2.75, 3.05) is 0 Å². The van der Waals surface area contributed by atoms with E-state index in [1.165, 1.54) is 6.33 Å². The van der Waals surface area contributed by atoms with E-state index in [9.17, 15) is 0 Å². The maximum Gasteiger partial charge on any atom is 0.236 e. The first kappa shape index (κ1) is 10.6. The highest BCUT2D eigenvalue weighted by Crippen LogP contribution is 2.25. The van der Waals surface area contributed by atoms with E-state index in [1.54, 1.807) is 30.5 Å². The first-order chi connectivity index (χ1) is 7.79. The number of nitrogens with zero attached hydrogens (tertiary/aromatic N) is 3. The number of benzene rings is 1. The van der Waals surface area contributed by atoms with Gasteiger partial charge >= 0.3 is 0 Å². The molecule has 0 bridgehead atoms. The van der Waals surface area contributed by atoms with Gasteiger partial charge in [-0.3, -0.25) is 0 Å². The molecule has 0 atom stereocenters. The first-order valence-electron chi connectivity index (χ1n) is 4.43. The zero-order valence-corrected chi connectivity index (χ0v) is 9.68. The second kappa shape index (κ2) is 4.73. The van der Waals surface area contributed by atoms with Gasteiger partial charge in [-0.2, -0.15) is 5.26 Å². The SMILES string of the molecule is N#Cc1ccc(Oc2ncncc2Br)cc1. The molecular weight excluding hydrogens is 270 g/mol. The van der Waals surface area contributed by atoms with Crippen molar-refractivity contribution in [3.63, 3.8) is 0 Å². The van der Waals surface area contributed by atoms with Gasteiger partial charge in [0.05, 0.1) is 16.1 Å². The zero-order valence-electron chi connectivity index (χ0n) is 8.09. The predicted molar refractivity (Wildman–Crippen MR) is 61.0 cm³/mol. The van der Waals surface area contributed by atoms with Crippen LogP contribution in [0.5, 0.6) is 11.6 Å². The van der Waals surface area contributed by atoms with E-state index in [0.717, 1.165) is 0 Å². The van der Waals surface area contributed by atoms with Crippen LogP contribution in [0.4, 0.5) is 0 Å². The summed E-state index contributed by atoms with van der Waals surface area (Å²) in [6.07, 6.45) is 3.01. The minimum atomic E-state index is 0.444. The highest BCUT2D eigenvalue weighted by Gasteiger charge is 2.03. The molecule has 4 nitrogen and oxygen atoms in total. The number of rotatable bonds is 2. The molecule has 0 amide bonds. The summed E-state index contributed by atoms with van der Waals surface area (Å²) < 4.78 is 6.18. The number of aromatic nitrogens is 2. The fourth-order valence-electron chi connectivity index (χ4n) is 1.09. The number of nitriles is 1. The van der Waals surface area contributed by atoms with Crippen LogP contribution < -0.4 is 4.74 Å². The average Bonchev–Trinajstić information content (AvgIpc) is 2.33. The molecular formula is C11H6BrN3O. The Bertz CT molecular complexity index is 534. The number of hydrogen-bond acceptors (Lipinski definition) is 4. The first-order valence-corrected chi connectivity index (χ1v) is 5.22. The number of ether oxygens (including phenoxy) is 1. The second-order valence-electron chi connectivity index (χ2n) is 2.91. The molecule has 0 unspecified atom stereocenters. The summed E-state index contributed by atoms with van der Waals surface area (Å²) in [4.78, 5) is 7.80. The molecule has 16 heavy (non-hydrogen) atoms. The van der Waals surface area contributed by atoms with E-state index in [-0.39, 0.29) is 0 Å². The van der Waals surface area contributed by atoms with Crippen LogP contribution in [0.25, 0.3) is 0 Å². The van der Waals surface area contributed by atoms with E-state index in [1.807, 2.05) is 6.07 Å². The highest BCUT2D eigenvalue weighted by atomic mass is 79.9. The van der Waals surface area contributed by atoms with Crippen molar-refractivity contribution in [3.8, 4) is 17.7 Å². The fraction of sp³-hybridized carbons (Fsp3) is 0. The summed E-state index contributed by atoms with van der Waals surface area (Å²) in [5, 5.41) is 8.64. The molecule has 2 rings (SSSR count). The lowest BCUT2D eigenvalue weighted by atomic mass is 10.2. The molecule has 0 aliphatic carbocycles. The molecule has 0 N–H and O–H groups in total. The van der Waals surface area contributed by atoms with Gasteiger partial charge in [-0.15, -0.1) is 0 Å².